The Morgan fingerprint density at radius 1 is 1.10 bits per heavy atom. The van der Waals surface area contributed by atoms with Gasteiger partial charge < -0.3 is 0 Å². The number of halogens is 1. The molecule has 0 atom stereocenters. The van der Waals surface area contributed by atoms with E-state index in [-0.39, 0.29) is 11.6 Å². The normalized spacial score (nSPS) is 10.7. The van der Waals surface area contributed by atoms with Gasteiger partial charge in [-0.3, -0.25) is 4.79 Å². The van der Waals surface area contributed by atoms with E-state index in [1.165, 1.54) is 29.5 Å². The third-order valence-corrected chi connectivity index (χ3v) is 4.46. The van der Waals surface area contributed by atoms with Crippen LogP contribution in [0.4, 0.5) is 4.39 Å². The molecule has 0 saturated carbocycles. The van der Waals surface area contributed by atoms with Gasteiger partial charge in [-0.05, 0) is 55.7 Å². The van der Waals surface area contributed by atoms with Crippen molar-refractivity contribution in [1.82, 2.24) is 0 Å². The minimum Gasteiger partial charge on any atom is -0.298 e. The zero-order valence-corrected chi connectivity index (χ0v) is 13.4. The monoisotopic (exact) mass is 302 g/mol. The molecule has 0 N–H and O–H groups in total. The van der Waals surface area contributed by atoms with Crippen LogP contribution >= 0.6 is 11.8 Å². The molecule has 0 spiro atoms. The number of aryl methyl sites for hydroxylation is 3. The molecule has 2 rings (SSSR count). The number of carbonyl (C=O) groups excluding carboxylic acids is 1. The van der Waals surface area contributed by atoms with Crippen LogP contribution in [0.5, 0.6) is 0 Å². The van der Waals surface area contributed by atoms with Crippen LogP contribution in [0.2, 0.25) is 0 Å². The second-order valence-electron chi connectivity index (χ2n) is 5.34. The predicted octanol–water partition coefficient (Wildman–Crippen LogP) is 4.65. The van der Waals surface area contributed by atoms with E-state index >= 15 is 0 Å². The molecule has 110 valence electrons. The molecule has 0 aliphatic rings. The molecule has 21 heavy (non-hydrogen) atoms. The van der Waals surface area contributed by atoms with Crippen molar-refractivity contribution in [1.29, 1.82) is 0 Å². The summed E-state index contributed by atoms with van der Waals surface area (Å²) in [7, 11) is 0. The van der Waals surface area contributed by atoms with Gasteiger partial charge in [-0.25, -0.2) is 4.39 Å². The van der Waals surface area contributed by atoms with Crippen LogP contribution in [0.1, 0.15) is 22.3 Å². The Hall–Kier alpha value is -1.61. The highest BCUT2D eigenvalue weighted by atomic mass is 32.2. The lowest BCUT2D eigenvalue weighted by Gasteiger charge is -2.10. The molecule has 0 aromatic heterocycles. The van der Waals surface area contributed by atoms with E-state index in [0.29, 0.717) is 12.2 Å². The van der Waals surface area contributed by atoms with E-state index in [1.54, 1.807) is 6.07 Å². The number of carbonyl (C=O) groups is 1. The fraction of sp³-hybridized carbons (Fsp3) is 0.278. The van der Waals surface area contributed by atoms with Crippen LogP contribution in [0, 0.1) is 26.6 Å². The number of hydrogen-bond donors (Lipinski definition) is 0. The fourth-order valence-corrected chi connectivity index (χ4v) is 3.26. The van der Waals surface area contributed by atoms with Crippen molar-refractivity contribution in [3.05, 3.63) is 64.5 Å². The van der Waals surface area contributed by atoms with Crippen LogP contribution in [0.3, 0.4) is 0 Å². The molecule has 0 fully saturated rings. The summed E-state index contributed by atoms with van der Waals surface area (Å²) in [6.45, 7) is 6.15. The fourth-order valence-electron chi connectivity index (χ4n) is 2.46. The highest BCUT2D eigenvalue weighted by Gasteiger charge is 2.10. The molecule has 2 aromatic rings. The van der Waals surface area contributed by atoms with Crippen LogP contribution in [0.25, 0.3) is 0 Å². The Bertz CT molecular complexity index is 641. The maximum Gasteiger partial charge on any atom is 0.147 e. The topological polar surface area (TPSA) is 17.1 Å². The average Bonchev–Trinajstić information content (AvgIpc) is 2.40. The van der Waals surface area contributed by atoms with Crippen molar-refractivity contribution in [3.63, 3.8) is 0 Å². The minimum absolute atomic E-state index is 0.166. The van der Waals surface area contributed by atoms with Crippen LogP contribution < -0.4 is 0 Å². The van der Waals surface area contributed by atoms with Crippen molar-refractivity contribution in [2.24, 2.45) is 0 Å². The molecule has 2 aromatic carbocycles. The van der Waals surface area contributed by atoms with Crippen molar-refractivity contribution >= 4 is 17.5 Å². The van der Waals surface area contributed by atoms with E-state index in [1.807, 2.05) is 19.9 Å². The maximum atomic E-state index is 13.1. The number of hydrogen-bond acceptors (Lipinski definition) is 2. The zero-order chi connectivity index (χ0) is 15.4. The Balaban J connectivity index is 1.99. The lowest BCUT2D eigenvalue weighted by molar-refractivity contribution is -0.116. The van der Waals surface area contributed by atoms with Gasteiger partial charge in [0.1, 0.15) is 11.6 Å². The molecule has 0 radical (unpaired) electrons. The zero-order valence-electron chi connectivity index (χ0n) is 12.6. The highest BCUT2D eigenvalue weighted by molar-refractivity contribution is 8.00. The molecule has 3 heteroatoms. The van der Waals surface area contributed by atoms with Crippen molar-refractivity contribution in [2.45, 2.75) is 32.1 Å². The van der Waals surface area contributed by atoms with Gasteiger partial charge >= 0.3 is 0 Å². The molecule has 0 unspecified atom stereocenters. The summed E-state index contributed by atoms with van der Waals surface area (Å²) in [6.07, 6.45) is 0.445. The molecule has 0 bridgehead atoms. The van der Waals surface area contributed by atoms with E-state index in [4.69, 9.17) is 0 Å². The van der Waals surface area contributed by atoms with Gasteiger partial charge in [-0.15, -0.1) is 11.8 Å². The van der Waals surface area contributed by atoms with E-state index in [2.05, 4.69) is 19.1 Å². The van der Waals surface area contributed by atoms with E-state index < -0.39 is 0 Å². The highest BCUT2D eigenvalue weighted by Crippen LogP contribution is 2.21. The molecule has 0 saturated heterocycles. The SMILES string of the molecule is Cc1cc(C)c(CC(=O)CSc2cccc(F)c2)c(C)c1. The minimum atomic E-state index is -0.266. The second-order valence-corrected chi connectivity index (χ2v) is 6.39. The summed E-state index contributed by atoms with van der Waals surface area (Å²) >= 11 is 1.39. The molecular formula is C18H19FOS. The molecule has 0 amide bonds. The summed E-state index contributed by atoms with van der Waals surface area (Å²) in [5, 5.41) is 0. The molecule has 1 nitrogen and oxygen atoms in total. The van der Waals surface area contributed by atoms with E-state index in [9.17, 15) is 9.18 Å². The predicted molar refractivity (Wildman–Crippen MR) is 86.5 cm³/mol. The lowest BCUT2D eigenvalue weighted by atomic mass is 9.96. The third-order valence-electron chi connectivity index (χ3n) is 3.41. The van der Waals surface area contributed by atoms with Gasteiger partial charge in [0.25, 0.3) is 0 Å². The van der Waals surface area contributed by atoms with Gasteiger partial charge in [0, 0.05) is 11.3 Å². The summed E-state index contributed by atoms with van der Waals surface area (Å²) in [5.41, 5.74) is 4.66. The Kier molecular flexibility index (Phi) is 5.18. The summed E-state index contributed by atoms with van der Waals surface area (Å²) in [6, 6.07) is 10.6. The molecule has 0 aliphatic carbocycles. The van der Waals surface area contributed by atoms with Crippen molar-refractivity contribution in [2.75, 3.05) is 5.75 Å². The number of thioether (sulfide) groups is 1. The standard InChI is InChI=1S/C18H19FOS/c1-12-7-13(2)18(14(3)8-12)10-16(20)11-21-17-6-4-5-15(19)9-17/h4-9H,10-11H2,1-3H3. The average molecular weight is 302 g/mol. The van der Waals surface area contributed by atoms with Gasteiger partial charge in [0.15, 0.2) is 0 Å². The first-order chi connectivity index (χ1) is 9.95. The largest absolute Gasteiger partial charge is 0.298 e. The summed E-state index contributed by atoms with van der Waals surface area (Å²) in [5.74, 6) is 0.271. The lowest BCUT2D eigenvalue weighted by Crippen LogP contribution is -2.08. The van der Waals surface area contributed by atoms with Crippen molar-refractivity contribution in [3.8, 4) is 0 Å². The Morgan fingerprint density at radius 3 is 2.38 bits per heavy atom. The number of ketones is 1. The second kappa shape index (κ2) is 6.90. The van der Waals surface area contributed by atoms with Crippen molar-refractivity contribution < 1.29 is 9.18 Å². The summed E-state index contributed by atoms with van der Waals surface area (Å²) < 4.78 is 13.1. The molecule has 0 heterocycles. The van der Waals surface area contributed by atoms with Gasteiger partial charge in [0.05, 0.1) is 5.75 Å². The number of benzene rings is 2. The third kappa shape index (κ3) is 4.43. The van der Waals surface area contributed by atoms with Gasteiger partial charge in [-0.1, -0.05) is 23.8 Å². The number of Topliss-reactive ketones (excluding diaryl/α,β-unsaturated/α-hetero) is 1. The Labute approximate surface area is 129 Å². The first kappa shape index (κ1) is 15.8. The molecular weight excluding hydrogens is 283 g/mol. The number of rotatable bonds is 5. The van der Waals surface area contributed by atoms with Gasteiger partial charge in [-0.2, -0.15) is 0 Å². The summed E-state index contributed by atoms with van der Waals surface area (Å²) in [4.78, 5) is 12.9. The first-order valence-corrected chi connectivity index (χ1v) is 7.91. The first-order valence-electron chi connectivity index (χ1n) is 6.92. The Morgan fingerprint density at radius 2 is 1.76 bits per heavy atom. The van der Waals surface area contributed by atoms with Crippen LogP contribution in [-0.4, -0.2) is 11.5 Å². The quantitative estimate of drug-likeness (QED) is 0.748. The van der Waals surface area contributed by atoms with Gasteiger partial charge in [0.2, 0.25) is 0 Å². The molecule has 0 aliphatic heterocycles. The van der Waals surface area contributed by atoms with Crippen LogP contribution in [0.15, 0.2) is 41.3 Å². The van der Waals surface area contributed by atoms with E-state index in [0.717, 1.165) is 21.6 Å². The maximum absolute atomic E-state index is 13.1. The smallest absolute Gasteiger partial charge is 0.147 e. The van der Waals surface area contributed by atoms with Crippen LogP contribution in [-0.2, 0) is 11.2 Å².